The largest absolute Gasteiger partial charge is 0.491 e. The van der Waals surface area contributed by atoms with E-state index in [4.69, 9.17) is 10.0 Å². The average Bonchev–Trinajstić information content (AvgIpc) is 2.69. The fourth-order valence-electron chi connectivity index (χ4n) is 1.29. The molecule has 0 radical (unpaired) electrons. The number of halogens is 1. The summed E-state index contributed by atoms with van der Waals surface area (Å²) in [6.45, 7) is 0. The van der Waals surface area contributed by atoms with Crippen LogP contribution in [0.25, 0.3) is 5.69 Å². The van der Waals surface area contributed by atoms with Gasteiger partial charge in [0.05, 0.1) is 5.69 Å². The van der Waals surface area contributed by atoms with E-state index in [0.717, 1.165) is 0 Å². The zero-order chi connectivity index (χ0) is 10.8. The van der Waals surface area contributed by atoms with Crippen molar-refractivity contribution in [3.05, 3.63) is 42.5 Å². The van der Waals surface area contributed by atoms with E-state index in [1.54, 1.807) is 24.5 Å². The minimum absolute atomic E-state index is 0.147. The molecule has 0 fully saturated rings. The molecule has 0 saturated heterocycles. The molecule has 76 valence electrons. The van der Waals surface area contributed by atoms with Gasteiger partial charge >= 0.3 is 7.12 Å². The molecule has 4 nitrogen and oxygen atoms in total. The molecular formula is C9H8BFN2O2. The monoisotopic (exact) mass is 206 g/mol. The number of hydrogen-bond donors (Lipinski definition) is 2. The summed E-state index contributed by atoms with van der Waals surface area (Å²) >= 11 is 0. The van der Waals surface area contributed by atoms with Crippen LogP contribution in [0.1, 0.15) is 0 Å². The van der Waals surface area contributed by atoms with E-state index in [2.05, 4.69) is 5.10 Å². The van der Waals surface area contributed by atoms with Gasteiger partial charge in [0.15, 0.2) is 0 Å². The van der Waals surface area contributed by atoms with E-state index in [-0.39, 0.29) is 5.46 Å². The average molecular weight is 206 g/mol. The van der Waals surface area contributed by atoms with Gasteiger partial charge in [0.2, 0.25) is 0 Å². The molecule has 0 aliphatic rings. The Labute approximate surface area is 85.7 Å². The number of hydrogen-bond acceptors (Lipinski definition) is 3. The van der Waals surface area contributed by atoms with Gasteiger partial charge in [-0.25, -0.2) is 9.07 Å². The van der Waals surface area contributed by atoms with Gasteiger partial charge < -0.3 is 10.0 Å². The molecule has 1 aromatic carbocycles. The third-order valence-electron chi connectivity index (χ3n) is 2.03. The Morgan fingerprint density at radius 1 is 1.33 bits per heavy atom. The highest BCUT2D eigenvalue weighted by Gasteiger charge is 2.16. The number of nitrogens with zero attached hydrogens (tertiary/aromatic N) is 2. The quantitative estimate of drug-likeness (QED) is 0.662. The Kier molecular flexibility index (Phi) is 2.53. The number of benzene rings is 1. The zero-order valence-electron chi connectivity index (χ0n) is 7.71. The van der Waals surface area contributed by atoms with Gasteiger partial charge in [0.25, 0.3) is 0 Å². The lowest BCUT2D eigenvalue weighted by Gasteiger charge is -2.05. The molecule has 2 rings (SSSR count). The van der Waals surface area contributed by atoms with Crippen LogP contribution in [0.4, 0.5) is 4.39 Å². The normalized spacial score (nSPS) is 10.3. The van der Waals surface area contributed by atoms with Crippen molar-refractivity contribution in [2.45, 2.75) is 0 Å². The van der Waals surface area contributed by atoms with Crippen molar-refractivity contribution in [1.29, 1.82) is 0 Å². The van der Waals surface area contributed by atoms with Crippen LogP contribution in [-0.4, -0.2) is 26.9 Å². The lowest BCUT2D eigenvalue weighted by atomic mass is 9.80. The molecule has 0 amide bonds. The first-order valence-electron chi connectivity index (χ1n) is 4.34. The minimum Gasteiger partial charge on any atom is -0.423 e. The topological polar surface area (TPSA) is 58.3 Å². The fraction of sp³-hybridized carbons (Fsp3) is 0. The minimum atomic E-state index is -1.79. The molecular weight excluding hydrogens is 198 g/mol. The van der Waals surface area contributed by atoms with Crippen LogP contribution in [0.5, 0.6) is 0 Å². The van der Waals surface area contributed by atoms with Crippen molar-refractivity contribution in [1.82, 2.24) is 9.78 Å². The molecule has 0 saturated carbocycles. The summed E-state index contributed by atoms with van der Waals surface area (Å²) in [5, 5.41) is 21.6. The first-order valence-corrected chi connectivity index (χ1v) is 4.34. The molecule has 2 aromatic rings. The molecule has 0 spiro atoms. The second-order valence-electron chi connectivity index (χ2n) is 3.03. The van der Waals surface area contributed by atoms with Crippen LogP contribution >= 0.6 is 0 Å². The van der Waals surface area contributed by atoms with Crippen LogP contribution in [0.2, 0.25) is 0 Å². The Morgan fingerprint density at radius 2 is 2.13 bits per heavy atom. The molecule has 15 heavy (non-hydrogen) atoms. The molecule has 1 aromatic heterocycles. The summed E-state index contributed by atoms with van der Waals surface area (Å²) in [5.74, 6) is -0.669. The van der Waals surface area contributed by atoms with Gasteiger partial charge in [-0.05, 0) is 18.2 Å². The highest BCUT2D eigenvalue weighted by molar-refractivity contribution is 6.58. The van der Waals surface area contributed by atoms with Crippen molar-refractivity contribution in [2.75, 3.05) is 0 Å². The summed E-state index contributed by atoms with van der Waals surface area (Å²) < 4.78 is 14.8. The van der Waals surface area contributed by atoms with Crippen LogP contribution in [-0.2, 0) is 0 Å². The first kappa shape index (κ1) is 9.88. The van der Waals surface area contributed by atoms with E-state index in [1.807, 2.05) is 0 Å². The molecule has 0 aliphatic carbocycles. The third kappa shape index (κ3) is 1.90. The van der Waals surface area contributed by atoms with Crippen molar-refractivity contribution in [3.8, 4) is 5.69 Å². The van der Waals surface area contributed by atoms with Crippen molar-refractivity contribution >= 4 is 12.6 Å². The van der Waals surface area contributed by atoms with Crippen molar-refractivity contribution < 1.29 is 14.4 Å². The van der Waals surface area contributed by atoms with Crippen LogP contribution in [0, 0.1) is 5.82 Å². The molecule has 0 atom stereocenters. The lowest BCUT2D eigenvalue weighted by molar-refractivity contribution is 0.423. The Balaban J connectivity index is 2.42. The zero-order valence-corrected chi connectivity index (χ0v) is 7.71. The Morgan fingerprint density at radius 3 is 2.67 bits per heavy atom. The Bertz CT molecular complexity index is 459. The van der Waals surface area contributed by atoms with Gasteiger partial charge in [-0.3, -0.25) is 0 Å². The second-order valence-corrected chi connectivity index (χ2v) is 3.03. The standard InChI is InChI=1S/C9H8BFN2O2/c11-9-6-7(13-5-1-4-12-13)2-3-8(9)10(14)15/h1-6,14-15H. The molecule has 0 unspecified atom stereocenters. The number of rotatable bonds is 2. The van der Waals surface area contributed by atoms with E-state index in [1.165, 1.54) is 16.8 Å². The summed E-state index contributed by atoms with van der Waals surface area (Å²) in [7, 11) is -1.79. The van der Waals surface area contributed by atoms with Crippen molar-refractivity contribution in [3.63, 3.8) is 0 Å². The lowest BCUT2D eigenvalue weighted by Crippen LogP contribution is -2.32. The SMILES string of the molecule is OB(O)c1ccc(-n2cccn2)cc1F. The molecule has 0 aliphatic heterocycles. The highest BCUT2D eigenvalue weighted by atomic mass is 19.1. The van der Waals surface area contributed by atoms with E-state index < -0.39 is 12.9 Å². The molecule has 0 bridgehead atoms. The summed E-state index contributed by atoms with van der Waals surface area (Å²) in [4.78, 5) is 0. The summed E-state index contributed by atoms with van der Waals surface area (Å²) in [6, 6.07) is 5.79. The van der Waals surface area contributed by atoms with E-state index >= 15 is 0 Å². The summed E-state index contributed by atoms with van der Waals surface area (Å²) in [6.07, 6.45) is 3.25. The first-order chi connectivity index (χ1) is 7.18. The predicted octanol–water partition coefficient (Wildman–Crippen LogP) is -0.309. The number of aromatic nitrogens is 2. The fourth-order valence-corrected chi connectivity index (χ4v) is 1.29. The van der Waals surface area contributed by atoms with Gasteiger partial charge in [0.1, 0.15) is 5.82 Å². The second kappa shape index (κ2) is 3.84. The van der Waals surface area contributed by atoms with Gasteiger partial charge in [-0.15, -0.1) is 0 Å². The molecule has 2 N–H and O–H groups in total. The highest BCUT2D eigenvalue weighted by Crippen LogP contribution is 2.06. The summed E-state index contributed by atoms with van der Waals surface area (Å²) in [5.41, 5.74) is 0.382. The smallest absolute Gasteiger partial charge is 0.423 e. The third-order valence-corrected chi connectivity index (χ3v) is 2.03. The predicted molar refractivity (Wildman–Crippen MR) is 53.3 cm³/mol. The van der Waals surface area contributed by atoms with E-state index in [0.29, 0.717) is 5.69 Å². The maximum Gasteiger partial charge on any atom is 0.491 e. The molecule has 1 heterocycles. The van der Waals surface area contributed by atoms with Crippen molar-refractivity contribution in [2.24, 2.45) is 0 Å². The van der Waals surface area contributed by atoms with Crippen LogP contribution < -0.4 is 5.46 Å². The maximum absolute atomic E-state index is 13.3. The molecule has 6 heteroatoms. The van der Waals surface area contributed by atoms with Crippen LogP contribution in [0.3, 0.4) is 0 Å². The van der Waals surface area contributed by atoms with Gasteiger partial charge in [-0.2, -0.15) is 5.10 Å². The van der Waals surface area contributed by atoms with Gasteiger partial charge in [0, 0.05) is 17.9 Å². The maximum atomic E-state index is 13.3. The van der Waals surface area contributed by atoms with Crippen LogP contribution in [0.15, 0.2) is 36.7 Å². The Hall–Kier alpha value is -1.66. The van der Waals surface area contributed by atoms with E-state index in [9.17, 15) is 4.39 Å². The van der Waals surface area contributed by atoms with Gasteiger partial charge in [-0.1, -0.05) is 6.07 Å².